The van der Waals surface area contributed by atoms with E-state index < -0.39 is 12.1 Å². The highest BCUT2D eigenvalue weighted by Crippen LogP contribution is 2.35. The molecule has 7 heteroatoms. The average Bonchev–Trinajstić information content (AvgIpc) is 3.19. The van der Waals surface area contributed by atoms with Crippen LogP contribution in [0.15, 0.2) is 16.1 Å². The van der Waals surface area contributed by atoms with Crippen molar-refractivity contribution in [2.75, 3.05) is 0 Å². The molecule has 6 nitrogen and oxygen atoms in total. The van der Waals surface area contributed by atoms with Crippen molar-refractivity contribution in [2.45, 2.75) is 59.0 Å². The zero-order chi connectivity index (χ0) is 19.1. The Morgan fingerprint density at radius 1 is 1.35 bits per heavy atom. The molecule has 1 atom stereocenters. The number of hydrogen-bond acceptors (Lipinski definition) is 7. The maximum Gasteiger partial charge on any atom is 0.335 e. The molecule has 0 aromatic carbocycles. The van der Waals surface area contributed by atoms with Crippen LogP contribution in [0.3, 0.4) is 0 Å². The smallest absolute Gasteiger partial charge is 0.335 e. The van der Waals surface area contributed by atoms with E-state index in [0.29, 0.717) is 36.4 Å². The summed E-state index contributed by atoms with van der Waals surface area (Å²) in [7, 11) is 0. The van der Waals surface area contributed by atoms with Gasteiger partial charge in [0.15, 0.2) is 11.1 Å². The lowest BCUT2D eigenvalue weighted by molar-refractivity contribution is -0.144. The molecule has 1 aromatic rings. The normalized spacial score (nSPS) is 18.1. The number of aromatic nitrogens is 1. The Morgan fingerprint density at radius 2 is 2.04 bits per heavy atom. The molecule has 0 aliphatic heterocycles. The van der Waals surface area contributed by atoms with Gasteiger partial charge in [0.2, 0.25) is 0 Å². The van der Waals surface area contributed by atoms with Crippen LogP contribution in [0.1, 0.15) is 63.6 Å². The SMILES string of the molecule is C#Cc1nc(C2=C(C)C(OC(=O)CCC)/C(=N/OC(=O)CCC)C2)cs1. The van der Waals surface area contributed by atoms with Crippen LogP contribution in [0.5, 0.6) is 0 Å². The van der Waals surface area contributed by atoms with Gasteiger partial charge in [-0.2, -0.15) is 0 Å². The first-order valence-electron chi connectivity index (χ1n) is 8.58. The third-order valence-corrected chi connectivity index (χ3v) is 4.66. The minimum absolute atomic E-state index is 0.286. The number of allylic oxidation sites excluding steroid dienone is 1. The summed E-state index contributed by atoms with van der Waals surface area (Å²) < 4.78 is 5.57. The van der Waals surface area contributed by atoms with Gasteiger partial charge in [0.05, 0.1) is 5.69 Å². The van der Waals surface area contributed by atoms with Crippen molar-refractivity contribution in [2.24, 2.45) is 5.16 Å². The Labute approximate surface area is 157 Å². The molecule has 0 fully saturated rings. The highest BCUT2D eigenvalue weighted by atomic mass is 32.1. The van der Waals surface area contributed by atoms with Crippen molar-refractivity contribution in [1.29, 1.82) is 0 Å². The summed E-state index contributed by atoms with van der Waals surface area (Å²) in [4.78, 5) is 33.0. The van der Waals surface area contributed by atoms with Crippen molar-refractivity contribution in [3.63, 3.8) is 0 Å². The van der Waals surface area contributed by atoms with E-state index in [9.17, 15) is 9.59 Å². The number of ether oxygens (including phenoxy) is 1. The van der Waals surface area contributed by atoms with Gasteiger partial charge in [-0.25, -0.2) is 9.78 Å². The quantitative estimate of drug-likeness (QED) is 0.315. The molecule has 2 rings (SSSR count). The van der Waals surface area contributed by atoms with Gasteiger partial charge in [0.25, 0.3) is 0 Å². The fraction of sp³-hybridized carbons (Fsp3) is 0.474. The molecule has 0 radical (unpaired) electrons. The van der Waals surface area contributed by atoms with Crippen LogP contribution in [0.2, 0.25) is 0 Å². The third kappa shape index (κ3) is 4.79. The van der Waals surface area contributed by atoms with E-state index >= 15 is 0 Å². The molecule has 1 unspecified atom stereocenters. The van der Waals surface area contributed by atoms with Crippen LogP contribution in [0.4, 0.5) is 0 Å². The van der Waals surface area contributed by atoms with Crippen LogP contribution in [-0.4, -0.2) is 28.7 Å². The van der Waals surface area contributed by atoms with Gasteiger partial charge in [-0.3, -0.25) is 4.79 Å². The lowest BCUT2D eigenvalue weighted by atomic mass is 10.1. The zero-order valence-electron chi connectivity index (χ0n) is 15.2. The first kappa shape index (κ1) is 19.9. The number of carbonyl (C=O) groups is 2. The van der Waals surface area contributed by atoms with Gasteiger partial charge in [-0.05, 0) is 36.8 Å². The highest BCUT2D eigenvalue weighted by molar-refractivity contribution is 7.10. The fourth-order valence-electron chi connectivity index (χ4n) is 2.58. The Morgan fingerprint density at radius 3 is 2.65 bits per heavy atom. The van der Waals surface area contributed by atoms with E-state index in [1.165, 1.54) is 11.3 Å². The van der Waals surface area contributed by atoms with Crippen molar-refractivity contribution >= 4 is 34.6 Å². The molecule has 0 saturated heterocycles. The predicted molar refractivity (Wildman–Crippen MR) is 100 cm³/mol. The Bertz CT molecular complexity index is 786. The van der Waals surface area contributed by atoms with Gasteiger partial charge in [-0.1, -0.05) is 19.0 Å². The Hall–Kier alpha value is -2.46. The number of carbonyl (C=O) groups excluding carboxylic acids is 2. The van der Waals surface area contributed by atoms with E-state index in [4.69, 9.17) is 16.0 Å². The minimum atomic E-state index is -0.644. The van der Waals surface area contributed by atoms with E-state index in [2.05, 4.69) is 16.1 Å². The summed E-state index contributed by atoms with van der Waals surface area (Å²) >= 11 is 1.37. The molecule has 0 bridgehead atoms. The molecule has 1 heterocycles. The third-order valence-electron chi connectivity index (χ3n) is 3.89. The predicted octanol–water partition coefficient (Wildman–Crippen LogP) is 3.71. The number of rotatable bonds is 7. The number of nitrogens with zero attached hydrogens (tertiary/aromatic N) is 2. The first-order valence-corrected chi connectivity index (χ1v) is 9.46. The number of hydrogen-bond donors (Lipinski definition) is 0. The van der Waals surface area contributed by atoms with E-state index in [-0.39, 0.29) is 12.4 Å². The Balaban J connectivity index is 2.27. The number of oxime groups is 1. The molecule has 0 N–H and O–H groups in total. The van der Waals surface area contributed by atoms with Crippen molar-refractivity contribution in [3.8, 4) is 12.3 Å². The van der Waals surface area contributed by atoms with E-state index in [1.807, 2.05) is 26.2 Å². The minimum Gasteiger partial charge on any atom is -0.451 e. The van der Waals surface area contributed by atoms with Gasteiger partial charge in [-0.15, -0.1) is 17.8 Å². The summed E-state index contributed by atoms with van der Waals surface area (Å²) in [5, 5.41) is 6.42. The lowest BCUT2D eigenvalue weighted by Crippen LogP contribution is -2.25. The van der Waals surface area contributed by atoms with Gasteiger partial charge < -0.3 is 9.57 Å². The largest absolute Gasteiger partial charge is 0.451 e. The van der Waals surface area contributed by atoms with E-state index in [1.54, 1.807) is 0 Å². The fourth-order valence-corrected chi connectivity index (χ4v) is 3.22. The first-order chi connectivity index (χ1) is 12.5. The van der Waals surface area contributed by atoms with Gasteiger partial charge in [0.1, 0.15) is 5.71 Å². The molecule has 1 aliphatic carbocycles. The summed E-state index contributed by atoms with van der Waals surface area (Å²) in [5.41, 5.74) is 2.94. The standard InChI is InChI=1S/C19H22N2O4S/c1-5-8-17(22)24-19-12(4)13(15-11-26-16(7-3)20-15)10-14(19)21-25-18(23)9-6-2/h3,11,19H,5-6,8-10H2,1-2,4H3/b21-14+. The van der Waals surface area contributed by atoms with Gasteiger partial charge in [0, 0.05) is 24.6 Å². The molecule has 138 valence electrons. The maximum absolute atomic E-state index is 12.0. The zero-order valence-corrected chi connectivity index (χ0v) is 16.0. The molecule has 0 amide bonds. The second-order valence-corrected chi connectivity index (χ2v) is 6.79. The molecule has 0 saturated carbocycles. The van der Waals surface area contributed by atoms with Crippen LogP contribution in [0.25, 0.3) is 5.57 Å². The second kappa shape index (κ2) is 9.30. The van der Waals surface area contributed by atoms with Crippen LogP contribution < -0.4 is 0 Å². The lowest BCUT2D eigenvalue weighted by Gasteiger charge is -2.14. The van der Waals surface area contributed by atoms with Crippen LogP contribution in [-0.2, 0) is 19.2 Å². The second-order valence-electron chi connectivity index (χ2n) is 5.94. The highest BCUT2D eigenvalue weighted by Gasteiger charge is 2.34. The maximum atomic E-state index is 12.0. The number of esters is 1. The monoisotopic (exact) mass is 374 g/mol. The average molecular weight is 374 g/mol. The molecule has 1 aromatic heterocycles. The topological polar surface area (TPSA) is 77.8 Å². The van der Waals surface area contributed by atoms with E-state index in [0.717, 1.165) is 16.8 Å². The molecular formula is C19H22N2O4S. The van der Waals surface area contributed by atoms with Gasteiger partial charge >= 0.3 is 11.9 Å². The molecule has 1 aliphatic rings. The van der Waals surface area contributed by atoms with Crippen LogP contribution in [0, 0.1) is 12.3 Å². The molecule has 0 spiro atoms. The van der Waals surface area contributed by atoms with Crippen molar-refractivity contribution in [3.05, 3.63) is 21.7 Å². The number of thiazole rings is 1. The Kier molecular flexibility index (Phi) is 7.10. The van der Waals surface area contributed by atoms with Crippen molar-refractivity contribution < 1.29 is 19.2 Å². The number of terminal acetylenes is 1. The molecular weight excluding hydrogens is 352 g/mol. The van der Waals surface area contributed by atoms with Crippen LogP contribution >= 0.6 is 11.3 Å². The molecule has 26 heavy (non-hydrogen) atoms. The summed E-state index contributed by atoms with van der Waals surface area (Å²) in [6.07, 6.45) is 7.11. The summed E-state index contributed by atoms with van der Waals surface area (Å²) in [6.45, 7) is 5.65. The summed E-state index contributed by atoms with van der Waals surface area (Å²) in [5.74, 6) is 1.79. The van der Waals surface area contributed by atoms with Crippen molar-refractivity contribution in [1.82, 2.24) is 4.98 Å². The summed E-state index contributed by atoms with van der Waals surface area (Å²) in [6, 6.07) is 0.